The quantitative estimate of drug-likeness (QED) is 0.630. The number of carbonyl (C=O) groups excluding carboxylic acids is 1. The second kappa shape index (κ2) is 9.86. The number of carbonyl (C=O) groups is 1. The van der Waals surface area contributed by atoms with Crippen molar-refractivity contribution in [3.63, 3.8) is 0 Å². The second-order valence-electron chi connectivity index (χ2n) is 5.99. The van der Waals surface area contributed by atoms with E-state index in [0.717, 1.165) is 25.9 Å². The predicted octanol–water partition coefficient (Wildman–Crippen LogP) is 0.827. The number of nitrogens with one attached hydrogen (secondary N) is 2. The Bertz CT molecular complexity index is 640. The topological polar surface area (TPSA) is 87.7 Å². The Labute approximate surface area is 149 Å². The van der Waals surface area contributed by atoms with Crippen molar-refractivity contribution in [2.45, 2.75) is 24.7 Å². The van der Waals surface area contributed by atoms with Crippen LogP contribution in [0.2, 0.25) is 0 Å². The average Bonchev–Trinajstić information content (AvgIpc) is 2.63. The minimum absolute atomic E-state index is 0.166. The van der Waals surface area contributed by atoms with Gasteiger partial charge in [0.25, 0.3) is 5.91 Å². The van der Waals surface area contributed by atoms with E-state index in [2.05, 4.69) is 21.9 Å². The van der Waals surface area contributed by atoms with Gasteiger partial charge in [-0.3, -0.25) is 9.69 Å². The molecule has 1 aliphatic rings. The van der Waals surface area contributed by atoms with Crippen LogP contribution in [-0.4, -0.2) is 65.2 Å². The van der Waals surface area contributed by atoms with Crippen molar-refractivity contribution in [3.05, 3.63) is 29.8 Å². The molecule has 1 aromatic rings. The first-order chi connectivity index (χ1) is 12.0. The third kappa shape index (κ3) is 6.39. The van der Waals surface area contributed by atoms with Crippen LogP contribution in [0, 0.1) is 0 Å². The summed E-state index contributed by atoms with van der Waals surface area (Å²) in [7, 11) is -3.56. The number of ether oxygens (including phenoxy) is 1. The van der Waals surface area contributed by atoms with Crippen LogP contribution in [-0.2, 0) is 14.8 Å². The van der Waals surface area contributed by atoms with Crippen LogP contribution < -0.4 is 10.0 Å². The van der Waals surface area contributed by atoms with Gasteiger partial charge in [0, 0.05) is 38.3 Å². The second-order valence-corrected chi connectivity index (χ2v) is 7.75. The Morgan fingerprint density at radius 3 is 2.48 bits per heavy atom. The van der Waals surface area contributed by atoms with Gasteiger partial charge in [-0.1, -0.05) is 13.3 Å². The Kier molecular flexibility index (Phi) is 7.83. The van der Waals surface area contributed by atoms with E-state index in [1.54, 1.807) is 0 Å². The van der Waals surface area contributed by atoms with E-state index in [1.165, 1.54) is 24.3 Å². The van der Waals surface area contributed by atoms with E-state index in [0.29, 0.717) is 38.4 Å². The SMILES string of the molecule is CCCCNC(=O)c1ccc(S(=O)(=O)NCCN2CCOCC2)cc1. The first kappa shape index (κ1) is 19.8. The fourth-order valence-corrected chi connectivity index (χ4v) is 3.53. The molecule has 1 aliphatic heterocycles. The zero-order chi connectivity index (χ0) is 18.1. The Morgan fingerprint density at radius 1 is 1.16 bits per heavy atom. The normalized spacial score (nSPS) is 15.9. The highest BCUT2D eigenvalue weighted by atomic mass is 32.2. The summed E-state index contributed by atoms with van der Waals surface area (Å²) in [6.45, 7) is 6.70. The molecule has 0 aromatic heterocycles. The van der Waals surface area contributed by atoms with Crippen LogP contribution in [0.15, 0.2) is 29.2 Å². The highest BCUT2D eigenvalue weighted by Gasteiger charge is 2.16. The van der Waals surface area contributed by atoms with Gasteiger partial charge in [0.15, 0.2) is 0 Å². The van der Waals surface area contributed by atoms with E-state index in [9.17, 15) is 13.2 Å². The number of amides is 1. The zero-order valence-corrected chi connectivity index (χ0v) is 15.5. The van der Waals surface area contributed by atoms with Gasteiger partial charge >= 0.3 is 0 Å². The molecular formula is C17H27N3O4S. The number of benzene rings is 1. The van der Waals surface area contributed by atoms with Crippen LogP contribution in [0.3, 0.4) is 0 Å². The first-order valence-electron chi connectivity index (χ1n) is 8.71. The van der Waals surface area contributed by atoms with Gasteiger partial charge in [-0.05, 0) is 30.7 Å². The van der Waals surface area contributed by atoms with Crippen LogP contribution in [0.4, 0.5) is 0 Å². The van der Waals surface area contributed by atoms with Crippen LogP contribution in [0.25, 0.3) is 0 Å². The largest absolute Gasteiger partial charge is 0.379 e. The predicted molar refractivity (Wildman–Crippen MR) is 96.1 cm³/mol. The van der Waals surface area contributed by atoms with Gasteiger partial charge in [0.1, 0.15) is 0 Å². The van der Waals surface area contributed by atoms with Gasteiger partial charge in [-0.2, -0.15) is 0 Å². The van der Waals surface area contributed by atoms with Crippen molar-refractivity contribution >= 4 is 15.9 Å². The van der Waals surface area contributed by atoms with E-state index >= 15 is 0 Å². The van der Waals surface area contributed by atoms with Gasteiger partial charge in [-0.25, -0.2) is 13.1 Å². The van der Waals surface area contributed by atoms with Crippen molar-refractivity contribution < 1.29 is 17.9 Å². The summed E-state index contributed by atoms with van der Waals surface area (Å²) in [5.41, 5.74) is 0.461. The molecule has 1 saturated heterocycles. The number of sulfonamides is 1. The Morgan fingerprint density at radius 2 is 1.84 bits per heavy atom. The van der Waals surface area contributed by atoms with E-state index in [4.69, 9.17) is 4.74 Å². The highest BCUT2D eigenvalue weighted by molar-refractivity contribution is 7.89. The maximum atomic E-state index is 12.3. The van der Waals surface area contributed by atoms with Crippen molar-refractivity contribution in [2.24, 2.45) is 0 Å². The summed E-state index contributed by atoms with van der Waals surface area (Å²) in [5.74, 6) is -0.183. The summed E-state index contributed by atoms with van der Waals surface area (Å²) in [6, 6.07) is 6.01. The molecule has 0 bridgehead atoms. The van der Waals surface area contributed by atoms with E-state index < -0.39 is 10.0 Å². The number of rotatable bonds is 9. The molecule has 0 spiro atoms. The Balaban J connectivity index is 1.85. The van der Waals surface area contributed by atoms with E-state index in [1.807, 2.05) is 0 Å². The molecule has 1 fully saturated rings. The number of hydrogen-bond donors (Lipinski definition) is 2. The van der Waals surface area contributed by atoms with Crippen LogP contribution in [0.1, 0.15) is 30.1 Å². The number of nitrogens with zero attached hydrogens (tertiary/aromatic N) is 1. The minimum atomic E-state index is -3.56. The number of unbranched alkanes of at least 4 members (excludes halogenated alkanes) is 1. The lowest BCUT2D eigenvalue weighted by atomic mass is 10.2. The minimum Gasteiger partial charge on any atom is -0.379 e. The van der Waals surface area contributed by atoms with Crippen molar-refractivity contribution in [1.29, 1.82) is 0 Å². The molecule has 0 saturated carbocycles. The van der Waals surface area contributed by atoms with E-state index in [-0.39, 0.29) is 10.8 Å². The summed E-state index contributed by atoms with van der Waals surface area (Å²) in [4.78, 5) is 14.3. The van der Waals surface area contributed by atoms with Crippen molar-refractivity contribution in [3.8, 4) is 0 Å². The standard InChI is InChI=1S/C17H27N3O4S/c1-2-3-8-18-17(21)15-4-6-16(7-5-15)25(22,23)19-9-10-20-11-13-24-14-12-20/h4-7,19H,2-3,8-14H2,1H3,(H,18,21). The summed E-state index contributed by atoms with van der Waals surface area (Å²) in [5, 5.41) is 2.81. The molecule has 2 N–H and O–H groups in total. The summed E-state index contributed by atoms with van der Waals surface area (Å²) >= 11 is 0. The molecule has 1 heterocycles. The monoisotopic (exact) mass is 369 g/mol. The maximum absolute atomic E-state index is 12.3. The van der Waals surface area contributed by atoms with Gasteiger partial charge in [0.2, 0.25) is 10.0 Å². The maximum Gasteiger partial charge on any atom is 0.251 e. The number of hydrogen-bond acceptors (Lipinski definition) is 5. The third-order valence-electron chi connectivity index (χ3n) is 4.07. The molecule has 0 aliphatic carbocycles. The van der Waals surface area contributed by atoms with Gasteiger partial charge in [0.05, 0.1) is 18.1 Å². The van der Waals surface area contributed by atoms with Gasteiger partial charge in [-0.15, -0.1) is 0 Å². The smallest absolute Gasteiger partial charge is 0.251 e. The first-order valence-corrected chi connectivity index (χ1v) is 10.2. The van der Waals surface area contributed by atoms with Crippen molar-refractivity contribution in [1.82, 2.24) is 14.9 Å². The summed E-state index contributed by atoms with van der Waals surface area (Å²) < 4.78 is 32.5. The summed E-state index contributed by atoms with van der Waals surface area (Å²) in [6.07, 6.45) is 1.93. The molecule has 8 heteroatoms. The third-order valence-corrected chi connectivity index (χ3v) is 5.54. The average molecular weight is 369 g/mol. The molecule has 1 aromatic carbocycles. The molecule has 7 nitrogen and oxygen atoms in total. The van der Waals surface area contributed by atoms with Gasteiger partial charge < -0.3 is 10.1 Å². The highest BCUT2D eigenvalue weighted by Crippen LogP contribution is 2.10. The molecule has 25 heavy (non-hydrogen) atoms. The molecule has 140 valence electrons. The molecule has 2 rings (SSSR count). The van der Waals surface area contributed by atoms with Crippen molar-refractivity contribution in [2.75, 3.05) is 45.9 Å². The zero-order valence-electron chi connectivity index (χ0n) is 14.7. The fraction of sp³-hybridized carbons (Fsp3) is 0.588. The fourth-order valence-electron chi connectivity index (χ4n) is 2.51. The Hall–Kier alpha value is -1.48. The molecule has 0 unspecified atom stereocenters. The number of morpholine rings is 1. The molecule has 1 amide bonds. The lowest BCUT2D eigenvalue weighted by Crippen LogP contribution is -2.41. The lowest BCUT2D eigenvalue weighted by molar-refractivity contribution is 0.0390. The van der Waals surface area contributed by atoms with Crippen LogP contribution in [0.5, 0.6) is 0 Å². The molecular weight excluding hydrogens is 342 g/mol. The molecule has 0 atom stereocenters. The molecule has 0 radical (unpaired) electrons. The van der Waals surface area contributed by atoms with Crippen LogP contribution >= 0.6 is 0 Å². The lowest BCUT2D eigenvalue weighted by Gasteiger charge is -2.26.